The zero-order chi connectivity index (χ0) is 14.7. The lowest BCUT2D eigenvalue weighted by atomic mass is 10.00. The van der Waals surface area contributed by atoms with Gasteiger partial charge in [0, 0.05) is 16.1 Å². The second kappa shape index (κ2) is 5.92. The molecule has 20 heavy (non-hydrogen) atoms. The summed E-state index contributed by atoms with van der Waals surface area (Å²) >= 11 is 5.73. The minimum absolute atomic E-state index is 0.133. The first-order valence-electron chi connectivity index (χ1n) is 5.85. The fourth-order valence-electron chi connectivity index (χ4n) is 1.96. The van der Waals surface area contributed by atoms with E-state index < -0.39 is 11.8 Å². The predicted molar refractivity (Wildman–Crippen MR) is 74.7 cm³/mol. The summed E-state index contributed by atoms with van der Waals surface area (Å²) in [6.45, 7) is 0. The van der Waals surface area contributed by atoms with Crippen molar-refractivity contribution >= 4 is 17.6 Å². The van der Waals surface area contributed by atoms with Gasteiger partial charge in [-0.1, -0.05) is 17.7 Å². The molecule has 0 aliphatic carbocycles. The minimum atomic E-state index is -0.947. The van der Waals surface area contributed by atoms with Crippen LogP contribution in [0.5, 0.6) is 5.75 Å². The van der Waals surface area contributed by atoms with Crippen molar-refractivity contribution in [1.82, 2.24) is 0 Å². The Morgan fingerprint density at radius 1 is 1.25 bits per heavy atom. The van der Waals surface area contributed by atoms with Crippen molar-refractivity contribution in [3.8, 4) is 16.9 Å². The highest BCUT2D eigenvalue weighted by Crippen LogP contribution is 2.33. The molecule has 0 spiro atoms. The quantitative estimate of drug-likeness (QED) is 0.933. The molecule has 104 valence electrons. The first kappa shape index (κ1) is 14.3. The molecule has 0 heterocycles. The van der Waals surface area contributed by atoms with Crippen LogP contribution in [0.4, 0.5) is 4.39 Å². The minimum Gasteiger partial charge on any atom is -0.496 e. The van der Waals surface area contributed by atoms with Gasteiger partial charge >= 0.3 is 5.97 Å². The maximum Gasteiger partial charge on any atom is 0.307 e. The lowest BCUT2D eigenvalue weighted by Crippen LogP contribution is -2.01. The molecule has 0 fully saturated rings. The molecule has 5 heteroatoms. The smallest absolute Gasteiger partial charge is 0.307 e. The number of rotatable bonds is 4. The van der Waals surface area contributed by atoms with E-state index in [0.29, 0.717) is 27.5 Å². The number of methoxy groups -OCH3 is 1. The van der Waals surface area contributed by atoms with E-state index >= 15 is 0 Å². The predicted octanol–water partition coefficient (Wildman–Crippen LogP) is 3.78. The highest BCUT2D eigenvalue weighted by molar-refractivity contribution is 6.30. The van der Waals surface area contributed by atoms with Gasteiger partial charge in [-0.3, -0.25) is 4.79 Å². The molecule has 0 amide bonds. The Morgan fingerprint density at radius 3 is 2.60 bits per heavy atom. The van der Waals surface area contributed by atoms with E-state index in [9.17, 15) is 9.18 Å². The van der Waals surface area contributed by atoms with Crippen LogP contribution in [0.3, 0.4) is 0 Å². The summed E-state index contributed by atoms with van der Waals surface area (Å²) in [5.41, 5.74) is 1.39. The summed E-state index contributed by atoms with van der Waals surface area (Å²) in [7, 11) is 1.48. The third-order valence-corrected chi connectivity index (χ3v) is 3.08. The number of aliphatic carboxylic acids is 1. The monoisotopic (exact) mass is 294 g/mol. The van der Waals surface area contributed by atoms with Crippen LogP contribution < -0.4 is 4.74 Å². The number of carbonyl (C=O) groups is 1. The number of benzene rings is 2. The van der Waals surface area contributed by atoms with Crippen LogP contribution in [0, 0.1) is 5.82 Å². The Hall–Kier alpha value is -2.07. The average molecular weight is 295 g/mol. The van der Waals surface area contributed by atoms with E-state index in [1.807, 2.05) is 0 Å². The van der Waals surface area contributed by atoms with Gasteiger partial charge in [-0.15, -0.1) is 0 Å². The number of halogens is 2. The zero-order valence-corrected chi connectivity index (χ0v) is 11.4. The number of ether oxygens (including phenoxy) is 1. The molecular weight excluding hydrogens is 283 g/mol. The first-order valence-corrected chi connectivity index (χ1v) is 6.23. The largest absolute Gasteiger partial charge is 0.496 e. The highest BCUT2D eigenvalue weighted by Gasteiger charge is 2.13. The van der Waals surface area contributed by atoms with Crippen molar-refractivity contribution < 1.29 is 19.0 Å². The summed E-state index contributed by atoms with van der Waals surface area (Å²) in [5.74, 6) is -0.957. The van der Waals surface area contributed by atoms with E-state index in [2.05, 4.69) is 0 Å². The molecule has 3 nitrogen and oxygen atoms in total. The zero-order valence-electron chi connectivity index (χ0n) is 10.7. The van der Waals surface area contributed by atoms with Crippen LogP contribution in [0.15, 0.2) is 36.4 Å². The van der Waals surface area contributed by atoms with Crippen molar-refractivity contribution in [1.29, 1.82) is 0 Å². The maximum atomic E-state index is 14.0. The fourth-order valence-corrected chi connectivity index (χ4v) is 2.12. The van der Waals surface area contributed by atoms with Gasteiger partial charge in [0.05, 0.1) is 13.5 Å². The van der Waals surface area contributed by atoms with Crippen molar-refractivity contribution in [3.05, 3.63) is 52.8 Å². The van der Waals surface area contributed by atoms with Crippen LogP contribution >= 0.6 is 11.6 Å². The summed E-state index contributed by atoms with van der Waals surface area (Å²) in [5, 5.41) is 9.12. The molecule has 2 rings (SSSR count). The van der Waals surface area contributed by atoms with Gasteiger partial charge in [0.15, 0.2) is 0 Å². The molecule has 0 atom stereocenters. The van der Waals surface area contributed by atoms with Crippen LogP contribution in [-0.4, -0.2) is 18.2 Å². The summed E-state index contributed by atoms with van der Waals surface area (Å²) in [4.78, 5) is 10.8. The van der Waals surface area contributed by atoms with Gasteiger partial charge in [-0.05, 0) is 35.9 Å². The van der Waals surface area contributed by atoms with Crippen molar-refractivity contribution in [2.24, 2.45) is 0 Å². The fraction of sp³-hybridized carbons (Fsp3) is 0.133. The Balaban J connectivity index is 2.55. The van der Waals surface area contributed by atoms with Gasteiger partial charge in [0.1, 0.15) is 11.6 Å². The van der Waals surface area contributed by atoms with Crippen molar-refractivity contribution in [2.45, 2.75) is 6.42 Å². The van der Waals surface area contributed by atoms with E-state index in [1.54, 1.807) is 30.3 Å². The van der Waals surface area contributed by atoms with Crippen LogP contribution in [0.1, 0.15) is 5.56 Å². The highest BCUT2D eigenvalue weighted by atomic mass is 35.5. The Labute approximate surface area is 120 Å². The van der Waals surface area contributed by atoms with Gasteiger partial charge in [-0.25, -0.2) is 4.39 Å². The third kappa shape index (κ3) is 3.08. The van der Waals surface area contributed by atoms with E-state index in [4.69, 9.17) is 21.4 Å². The molecule has 2 aromatic carbocycles. The lowest BCUT2D eigenvalue weighted by molar-refractivity contribution is -0.136. The first-order chi connectivity index (χ1) is 9.51. The number of carboxylic acid groups (broad SMARTS) is 1. The number of hydrogen-bond acceptors (Lipinski definition) is 2. The molecule has 0 unspecified atom stereocenters. The van der Waals surface area contributed by atoms with Crippen LogP contribution in [-0.2, 0) is 11.2 Å². The molecule has 2 aromatic rings. The maximum absolute atomic E-state index is 14.0. The van der Waals surface area contributed by atoms with Crippen molar-refractivity contribution in [3.63, 3.8) is 0 Å². The number of carboxylic acids is 1. The molecule has 1 N–H and O–H groups in total. The van der Waals surface area contributed by atoms with Crippen LogP contribution in [0.25, 0.3) is 11.1 Å². The Morgan fingerprint density at radius 2 is 2.00 bits per heavy atom. The third-order valence-electron chi connectivity index (χ3n) is 2.84. The Bertz CT molecular complexity index is 656. The van der Waals surface area contributed by atoms with Gasteiger partial charge in [0.2, 0.25) is 0 Å². The summed E-state index contributed by atoms with van der Waals surface area (Å²) in [6, 6.07) is 9.20. The molecule has 0 saturated heterocycles. The standard InChI is InChI=1S/C15H12ClFO3/c1-20-14-5-2-9(7-15(18)19)6-12(14)11-4-3-10(16)8-13(11)17/h2-6,8H,7H2,1H3,(H,18,19). The lowest BCUT2D eigenvalue weighted by Gasteiger charge is -2.11. The normalized spacial score (nSPS) is 10.3. The molecule has 0 aliphatic rings. The molecule has 0 aromatic heterocycles. The molecule has 0 bridgehead atoms. The summed E-state index contributed by atoms with van der Waals surface area (Å²) in [6.07, 6.45) is -0.133. The van der Waals surface area contributed by atoms with Gasteiger partial charge in [0.25, 0.3) is 0 Å². The summed E-state index contributed by atoms with van der Waals surface area (Å²) < 4.78 is 19.2. The molecular formula is C15H12ClFO3. The molecule has 0 saturated carbocycles. The van der Waals surface area contributed by atoms with Gasteiger partial charge < -0.3 is 9.84 Å². The second-order valence-corrected chi connectivity index (χ2v) is 4.67. The number of hydrogen-bond donors (Lipinski definition) is 1. The topological polar surface area (TPSA) is 46.5 Å². The van der Waals surface area contributed by atoms with Gasteiger partial charge in [-0.2, -0.15) is 0 Å². The SMILES string of the molecule is COc1ccc(CC(=O)O)cc1-c1ccc(Cl)cc1F. The molecule has 0 aliphatic heterocycles. The molecule has 0 radical (unpaired) electrons. The van der Waals surface area contributed by atoms with Crippen molar-refractivity contribution in [2.75, 3.05) is 7.11 Å². The van der Waals surface area contributed by atoms with E-state index in [0.717, 1.165) is 0 Å². The van der Waals surface area contributed by atoms with Crippen LogP contribution in [0.2, 0.25) is 5.02 Å². The van der Waals surface area contributed by atoms with E-state index in [1.165, 1.54) is 13.2 Å². The average Bonchev–Trinajstić information content (AvgIpc) is 2.38. The second-order valence-electron chi connectivity index (χ2n) is 4.23. The van der Waals surface area contributed by atoms with E-state index in [-0.39, 0.29) is 6.42 Å². The Kier molecular flexibility index (Phi) is 4.25.